The van der Waals surface area contributed by atoms with Gasteiger partial charge in [0.25, 0.3) is 0 Å². The lowest BCUT2D eigenvalue weighted by molar-refractivity contribution is 0.122. The Morgan fingerprint density at radius 3 is 2.71 bits per heavy atom. The van der Waals surface area contributed by atoms with E-state index in [0.717, 1.165) is 52.2 Å². The Bertz CT molecular complexity index is 1080. The normalized spacial score (nSPS) is 16.6. The Hall–Kier alpha value is -3.32. The van der Waals surface area contributed by atoms with Crippen LogP contribution in [0.15, 0.2) is 47.7 Å². The largest absolute Gasteiger partial charge is 0.384 e. The molecule has 140 valence electrons. The third kappa shape index (κ3) is 2.99. The molecule has 28 heavy (non-hydrogen) atoms. The van der Waals surface area contributed by atoms with Crippen LogP contribution in [0.1, 0.15) is 5.69 Å². The fourth-order valence-corrected chi connectivity index (χ4v) is 3.63. The molecule has 0 unspecified atom stereocenters. The summed E-state index contributed by atoms with van der Waals surface area (Å²) in [7, 11) is 0. The molecule has 1 fully saturated rings. The monoisotopic (exact) mass is 372 g/mol. The van der Waals surface area contributed by atoms with Crippen molar-refractivity contribution in [3.8, 4) is 11.1 Å². The number of aromatic nitrogens is 3. The van der Waals surface area contributed by atoms with Crippen LogP contribution >= 0.6 is 0 Å². The zero-order valence-electron chi connectivity index (χ0n) is 15.4. The van der Waals surface area contributed by atoms with Crippen molar-refractivity contribution in [1.29, 1.82) is 0 Å². The Labute approximate surface area is 162 Å². The summed E-state index contributed by atoms with van der Waals surface area (Å²) < 4.78 is 5.51. The van der Waals surface area contributed by atoms with Crippen LogP contribution in [0, 0.1) is 0 Å². The van der Waals surface area contributed by atoms with Crippen molar-refractivity contribution in [3.05, 3.63) is 48.4 Å². The highest BCUT2D eigenvalue weighted by Gasteiger charge is 2.19. The average molecular weight is 372 g/mol. The topological polar surface area (TPSA) is 89.5 Å². The molecular weight excluding hydrogens is 352 g/mol. The minimum absolute atomic E-state index is 0.506. The van der Waals surface area contributed by atoms with Gasteiger partial charge in [-0.15, -0.1) is 0 Å². The fourth-order valence-electron chi connectivity index (χ4n) is 3.63. The van der Waals surface area contributed by atoms with E-state index in [2.05, 4.69) is 25.9 Å². The summed E-state index contributed by atoms with van der Waals surface area (Å²) in [5, 5.41) is 1.04. The van der Waals surface area contributed by atoms with Gasteiger partial charge in [-0.05, 0) is 35.9 Å². The lowest BCUT2D eigenvalue weighted by Crippen LogP contribution is -2.36. The highest BCUT2D eigenvalue weighted by molar-refractivity contribution is 6.02. The van der Waals surface area contributed by atoms with E-state index in [4.69, 9.17) is 15.5 Å². The number of anilines is 2. The zero-order valence-corrected chi connectivity index (χ0v) is 15.4. The van der Waals surface area contributed by atoms with Crippen LogP contribution in [0.4, 0.5) is 11.6 Å². The number of nitrogen functional groups attached to an aromatic ring is 1. The minimum atomic E-state index is 0.506. The van der Waals surface area contributed by atoms with Gasteiger partial charge in [-0.2, -0.15) is 0 Å². The number of pyridine rings is 3. The summed E-state index contributed by atoms with van der Waals surface area (Å²) in [5.41, 5.74) is 10.7. The number of ether oxygens (including phenoxy) is 1. The number of morpholine rings is 1. The summed E-state index contributed by atoms with van der Waals surface area (Å²) >= 11 is 0. The average Bonchev–Trinajstić information content (AvgIpc) is 3.28. The van der Waals surface area contributed by atoms with Crippen LogP contribution < -0.4 is 10.6 Å². The summed E-state index contributed by atoms with van der Waals surface area (Å²) in [6.07, 6.45) is 7.48. The van der Waals surface area contributed by atoms with Gasteiger partial charge in [-0.25, -0.2) is 9.97 Å². The number of hydrogen-bond donors (Lipinski definition) is 1. The number of nitrogens with two attached hydrogens (primary N) is 1. The van der Waals surface area contributed by atoms with Gasteiger partial charge in [0.2, 0.25) is 0 Å². The Morgan fingerprint density at radius 1 is 1.07 bits per heavy atom. The first kappa shape index (κ1) is 16.8. The number of fused-ring (bicyclic) bond motifs is 1. The molecule has 2 N–H and O–H groups in total. The van der Waals surface area contributed by atoms with E-state index < -0.39 is 0 Å². The van der Waals surface area contributed by atoms with Crippen LogP contribution in [-0.4, -0.2) is 54.0 Å². The molecule has 0 aliphatic carbocycles. The molecule has 5 heterocycles. The standard InChI is InChI=1S/C21H20N6O/c22-18-2-1-14(13-25-18)17-11-19(27-7-9-28-10-8-27)26-21-16(17)4-6-24-20(21)15-3-5-23-12-15/h1-6,11,13H,7-10,12H2,(H2,22,25). The predicted molar refractivity (Wildman–Crippen MR) is 112 cm³/mol. The second-order valence-electron chi connectivity index (χ2n) is 6.84. The van der Waals surface area contributed by atoms with Crippen molar-refractivity contribution in [2.24, 2.45) is 4.99 Å². The van der Waals surface area contributed by atoms with E-state index in [1.807, 2.05) is 42.9 Å². The molecule has 7 heteroatoms. The Balaban J connectivity index is 1.74. The van der Waals surface area contributed by atoms with E-state index in [1.165, 1.54) is 0 Å². The van der Waals surface area contributed by atoms with Crippen LogP contribution in [0.2, 0.25) is 0 Å². The number of nitrogens with zero attached hydrogens (tertiary/aromatic N) is 5. The maximum absolute atomic E-state index is 5.79. The van der Waals surface area contributed by atoms with Gasteiger partial charge in [0.15, 0.2) is 0 Å². The van der Waals surface area contributed by atoms with E-state index in [0.29, 0.717) is 25.6 Å². The van der Waals surface area contributed by atoms with Gasteiger partial charge in [-0.1, -0.05) is 0 Å². The molecule has 0 spiro atoms. The first-order valence-electron chi connectivity index (χ1n) is 9.33. The molecule has 2 aliphatic rings. The van der Waals surface area contributed by atoms with Crippen molar-refractivity contribution in [3.63, 3.8) is 0 Å². The van der Waals surface area contributed by atoms with E-state index >= 15 is 0 Å². The smallest absolute Gasteiger partial charge is 0.130 e. The van der Waals surface area contributed by atoms with E-state index in [9.17, 15) is 0 Å². The first-order valence-corrected chi connectivity index (χ1v) is 9.33. The molecule has 0 radical (unpaired) electrons. The van der Waals surface area contributed by atoms with Crippen LogP contribution in [0.5, 0.6) is 0 Å². The van der Waals surface area contributed by atoms with Crippen molar-refractivity contribution in [2.75, 3.05) is 43.5 Å². The second-order valence-corrected chi connectivity index (χ2v) is 6.84. The van der Waals surface area contributed by atoms with E-state index in [1.54, 1.807) is 0 Å². The highest BCUT2D eigenvalue weighted by atomic mass is 16.5. The molecule has 2 aliphatic heterocycles. The summed E-state index contributed by atoms with van der Waals surface area (Å²) in [6, 6.07) is 7.96. The number of hydrogen-bond acceptors (Lipinski definition) is 7. The lowest BCUT2D eigenvalue weighted by Gasteiger charge is -2.28. The molecule has 0 amide bonds. The van der Waals surface area contributed by atoms with Gasteiger partial charge >= 0.3 is 0 Å². The molecule has 0 saturated carbocycles. The third-order valence-electron chi connectivity index (χ3n) is 5.09. The minimum Gasteiger partial charge on any atom is -0.384 e. The molecule has 7 nitrogen and oxygen atoms in total. The lowest BCUT2D eigenvalue weighted by atomic mass is 10.0. The van der Waals surface area contributed by atoms with Crippen LogP contribution in [-0.2, 0) is 4.74 Å². The molecular formula is C21H20N6O. The van der Waals surface area contributed by atoms with Crippen molar-refractivity contribution in [2.45, 2.75) is 0 Å². The molecule has 3 aromatic rings. The van der Waals surface area contributed by atoms with Gasteiger partial charge in [0.05, 0.1) is 31.0 Å². The maximum Gasteiger partial charge on any atom is 0.130 e. The third-order valence-corrected chi connectivity index (χ3v) is 5.09. The van der Waals surface area contributed by atoms with Crippen LogP contribution in [0.25, 0.3) is 27.6 Å². The van der Waals surface area contributed by atoms with Gasteiger partial charge < -0.3 is 15.4 Å². The first-order chi connectivity index (χ1) is 13.8. The Kier molecular flexibility index (Phi) is 4.21. The van der Waals surface area contributed by atoms with Crippen molar-refractivity contribution < 1.29 is 4.74 Å². The Morgan fingerprint density at radius 2 is 1.96 bits per heavy atom. The highest BCUT2D eigenvalue weighted by Crippen LogP contribution is 2.34. The van der Waals surface area contributed by atoms with Gasteiger partial charge in [-0.3, -0.25) is 9.98 Å². The summed E-state index contributed by atoms with van der Waals surface area (Å²) in [6.45, 7) is 3.68. The molecule has 0 atom stereocenters. The summed E-state index contributed by atoms with van der Waals surface area (Å²) in [5.74, 6) is 1.43. The molecule has 5 rings (SSSR count). The van der Waals surface area contributed by atoms with Crippen molar-refractivity contribution in [1.82, 2.24) is 15.0 Å². The quantitative estimate of drug-likeness (QED) is 0.760. The molecule has 3 aromatic heterocycles. The molecule has 0 aromatic carbocycles. The zero-order chi connectivity index (χ0) is 18.9. The predicted octanol–water partition coefficient (Wildman–Crippen LogP) is 2.58. The van der Waals surface area contributed by atoms with Crippen molar-refractivity contribution >= 4 is 34.3 Å². The number of allylic oxidation sites excluding steroid dienone is 1. The number of aliphatic imine (C=N–C) groups is 1. The van der Waals surface area contributed by atoms with Crippen LogP contribution in [0.3, 0.4) is 0 Å². The molecule has 0 bridgehead atoms. The number of rotatable bonds is 3. The second kappa shape index (κ2) is 7.01. The van der Waals surface area contributed by atoms with Gasteiger partial charge in [0.1, 0.15) is 11.6 Å². The fraction of sp³-hybridized carbons (Fsp3) is 0.238. The van der Waals surface area contributed by atoms with E-state index in [-0.39, 0.29) is 0 Å². The SMILES string of the molecule is Nc1ccc(-c2cc(N3CCOCC3)nc3c(C4=CC=NC4)nccc23)cn1. The van der Waals surface area contributed by atoms with Gasteiger partial charge in [0, 0.05) is 48.2 Å². The summed E-state index contributed by atoms with van der Waals surface area (Å²) in [4.78, 5) is 20.5. The maximum atomic E-state index is 5.79. The molecule has 1 saturated heterocycles.